The van der Waals surface area contributed by atoms with Gasteiger partial charge in [-0.2, -0.15) is 9.89 Å². The Balaban J connectivity index is 1.44. The van der Waals surface area contributed by atoms with Crippen LogP contribution in [0, 0.1) is 0 Å². The van der Waals surface area contributed by atoms with Gasteiger partial charge in [-0.15, -0.1) is 0 Å². The summed E-state index contributed by atoms with van der Waals surface area (Å²) in [5.41, 5.74) is 11.0. The molecule has 5 nitrogen and oxygen atoms in total. The predicted molar refractivity (Wildman–Crippen MR) is 107 cm³/mol. The van der Waals surface area contributed by atoms with Crippen molar-refractivity contribution in [2.24, 2.45) is 0 Å². The summed E-state index contributed by atoms with van der Waals surface area (Å²) in [6, 6.07) is 19.2. The van der Waals surface area contributed by atoms with E-state index in [-0.39, 0.29) is 0 Å². The third-order valence-corrected chi connectivity index (χ3v) is 5.46. The highest BCUT2D eigenvalue weighted by Gasteiger charge is 2.28. The van der Waals surface area contributed by atoms with E-state index in [4.69, 9.17) is 9.84 Å². The van der Waals surface area contributed by atoms with Gasteiger partial charge in [0.1, 0.15) is 0 Å². The second kappa shape index (κ2) is 7.18. The van der Waals surface area contributed by atoms with Gasteiger partial charge < -0.3 is 10.2 Å². The molecular formula is C22H24N4O. The zero-order valence-corrected chi connectivity index (χ0v) is 15.4. The van der Waals surface area contributed by atoms with E-state index in [1.54, 1.807) is 0 Å². The predicted octanol–water partition coefficient (Wildman–Crippen LogP) is 3.00. The molecule has 0 saturated carbocycles. The molecule has 1 N–H and O–H groups in total. The van der Waals surface area contributed by atoms with Gasteiger partial charge in [-0.1, -0.05) is 54.6 Å². The summed E-state index contributed by atoms with van der Waals surface area (Å²) < 4.78 is 5.44. The zero-order valence-electron chi connectivity index (χ0n) is 15.4. The second-order valence-electron chi connectivity index (χ2n) is 7.15. The van der Waals surface area contributed by atoms with E-state index < -0.39 is 0 Å². The molecule has 2 aliphatic rings. The van der Waals surface area contributed by atoms with Gasteiger partial charge in [-0.3, -0.25) is 4.90 Å². The van der Waals surface area contributed by atoms with E-state index in [9.17, 15) is 0 Å². The van der Waals surface area contributed by atoms with E-state index in [1.165, 1.54) is 27.9 Å². The van der Waals surface area contributed by atoms with Crippen LogP contribution < -0.4 is 5.43 Å². The molecule has 1 aliphatic heterocycles. The molecule has 0 atom stereocenters. The Labute approximate surface area is 159 Å². The summed E-state index contributed by atoms with van der Waals surface area (Å²) in [6.07, 6.45) is 0.945. The molecule has 1 aliphatic carbocycles. The lowest BCUT2D eigenvalue weighted by atomic mass is 10.1. The van der Waals surface area contributed by atoms with Gasteiger partial charge in [0.25, 0.3) is 0 Å². The molecule has 27 heavy (non-hydrogen) atoms. The van der Waals surface area contributed by atoms with Crippen LogP contribution in [-0.4, -0.2) is 54.2 Å². The maximum Gasteiger partial charge on any atom is 0.0986 e. The van der Waals surface area contributed by atoms with Crippen molar-refractivity contribution < 1.29 is 4.74 Å². The minimum atomic E-state index is 0.836. The Hall–Kier alpha value is -2.63. The van der Waals surface area contributed by atoms with Gasteiger partial charge in [0, 0.05) is 49.3 Å². The monoisotopic (exact) mass is 360 g/mol. The third kappa shape index (κ3) is 3.13. The molecule has 0 bridgehead atoms. The lowest BCUT2D eigenvalue weighted by Gasteiger charge is -2.26. The molecule has 0 radical (unpaired) electrons. The molecule has 5 rings (SSSR count). The van der Waals surface area contributed by atoms with Crippen molar-refractivity contribution in [2.45, 2.75) is 6.42 Å². The molecule has 5 heteroatoms. The SMILES string of the molecule is c1ccc(-c2nn(NCCN3CCOCC3)c3c2Cc2ccccc2-3)cc1. The van der Waals surface area contributed by atoms with Crippen molar-refractivity contribution in [2.75, 3.05) is 44.8 Å². The summed E-state index contributed by atoms with van der Waals surface area (Å²) in [4.78, 5) is 4.44. The first-order valence-corrected chi connectivity index (χ1v) is 9.70. The Kier molecular flexibility index (Phi) is 4.40. The Morgan fingerprint density at radius 2 is 1.74 bits per heavy atom. The molecule has 138 valence electrons. The normalized spacial score (nSPS) is 16.1. The van der Waals surface area contributed by atoms with Gasteiger partial charge in [0.15, 0.2) is 0 Å². The topological polar surface area (TPSA) is 42.3 Å². The molecule has 1 fully saturated rings. The summed E-state index contributed by atoms with van der Waals surface area (Å²) in [6.45, 7) is 5.56. The standard InChI is InChI=1S/C22H24N4O/c1-2-6-17(7-3-1)21-20-16-18-8-4-5-9-19(18)22(20)26(24-21)23-10-11-25-12-14-27-15-13-25/h1-9,23H,10-16H2. The van der Waals surface area contributed by atoms with E-state index >= 15 is 0 Å². The summed E-state index contributed by atoms with van der Waals surface area (Å²) in [5, 5.41) is 4.95. The summed E-state index contributed by atoms with van der Waals surface area (Å²) >= 11 is 0. The van der Waals surface area contributed by atoms with Crippen molar-refractivity contribution in [3.8, 4) is 22.5 Å². The van der Waals surface area contributed by atoms with Crippen molar-refractivity contribution in [3.63, 3.8) is 0 Å². The zero-order chi connectivity index (χ0) is 18.1. The molecular weight excluding hydrogens is 336 g/mol. The summed E-state index contributed by atoms with van der Waals surface area (Å²) in [5.74, 6) is 0. The first kappa shape index (κ1) is 16.5. The number of ether oxygens (including phenoxy) is 1. The van der Waals surface area contributed by atoms with E-state index in [2.05, 4.69) is 64.9 Å². The molecule has 2 aromatic carbocycles. The lowest BCUT2D eigenvalue weighted by molar-refractivity contribution is 0.0395. The molecule has 0 unspecified atom stereocenters. The lowest BCUT2D eigenvalue weighted by Crippen LogP contribution is -2.40. The quantitative estimate of drug-likeness (QED) is 0.594. The van der Waals surface area contributed by atoms with Crippen LogP contribution in [0.2, 0.25) is 0 Å². The second-order valence-corrected chi connectivity index (χ2v) is 7.15. The Bertz CT molecular complexity index is 929. The average Bonchev–Trinajstić information content (AvgIpc) is 3.27. The van der Waals surface area contributed by atoms with Crippen LogP contribution in [0.15, 0.2) is 54.6 Å². The highest BCUT2D eigenvalue weighted by Crippen LogP contribution is 2.41. The molecule has 0 amide bonds. The highest BCUT2D eigenvalue weighted by atomic mass is 16.5. The minimum absolute atomic E-state index is 0.836. The van der Waals surface area contributed by atoms with E-state index in [0.29, 0.717) is 0 Å². The molecule has 3 aromatic rings. The molecule has 1 saturated heterocycles. The van der Waals surface area contributed by atoms with Crippen molar-refractivity contribution >= 4 is 0 Å². The van der Waals surface area contributed by atoms with Crippen LogP contribution in [0.5, 0.6) is 0 Å². The van der Waals surface area contributed by atoms with Gasteiger partial charge in [0.05, 0.1) is 24.6 Å². The smallest absolute Gasteiger partial charge is 0.0986 e. The van der Waals surface area contributed by atoms with Gasteiger partial charge in [0.2, 0.25) is 0 Å². The fourth-order valence-electron chi connectivity index (χ4n) is 4.07. The number of fused-ring (bicyclic) bond motifs is 3. The number of benzene rings is 2. The van der Waals surface area contributed by atoms with Gasteiger partial charge in [-0.25, -0.2) is 0 Å². The van der Waals surface area contributed by atoms with Crippen LogP contribution in [0.4, 0.5) is 0 Å². The summed E-state index contributed by atoms with van der Waals surface area (Å²) in [7, 11) is 0. The maximum atomic E-state index is 5.44. The number of nitrogens with zero attached hydrogens (tertiary/aromatic N) is 3. The first-order valence-electron chi connectivity index (χ1n) is 9.70. The number of nitrogens with one attached hydrogen (secondary N) is 1. The van der Waals surface area contributed by atoms with Crippen molar-refractivity contribution in [1.29, 1.82) is 0 Å². The molecule has 2 heterocycles. The average molecular weight is 360 g/mol. The minimum Gasteiger partial charge on any atom is -0.379 e. The Morgan fingerprint density at radius 1 is 0.963 bits per heavy atom. The fraction of sp³-hybridized carbons (Fsp3) is 0.318. The Morgan fingerprint density at radius 3 is 2.59 bits per heavy atom. The van der Waals surface area contributed by atoms with Crippen LogP contribution in [0.25, 0.3) is 22.5 Å². The van der Waals surface area contributed by atoms with E-state index in [1.807, 2.05) is 4.79 Å². The molecule has 1 aromatic heterocycles. The van der Waals surface area contributed by atoms with Crippen molar-refractivity contribution in [3.05, 3.63) is 65.7 Å². The molecule has 0 spiro atoms. The van der Waals surface area contributed by atoms with Crippen LogP contribution in [0.1, 0.15) is 11.1 Å². The van der Waals surface area contributed by atoms with Crippen LogP contribution in [0.3, 0.4) is 0 Å². The van der Waals surface area contributed by atoms with Crippen LogP contribution in [-0.2, 0) is 11.2 Å². The number of hydrogen-bond donors (Lipinski definition) is 1. The van der Waals surface area contributed by atoms with Crippen LogP contribution >= 0.6 is 0 Å². The van der Waals surface area contributed by atoms with Gasteiger partial charge in [-0.05, 0) is 5.56 Å². The third-order valence-electron chi connectivity index (χ3n) is 5.46. The fourth-order valence-corrected chi connectivity index (χ4v) is 4.07. The number of morpholine rings is 1. The number of hydrogen-bond acceptors (Lipinski definition) is 4. The first-order chi connectivity index (χ1) is 13.4. The van der Waals surface area contributed by atoms with Crippen molar-refractivity contribution in [1.82, 2.24) is 14.8 Å². The van der Waals surface area contributed by atoms with Gasteiger partial charge >= 0.3 is 0 Å². The number of rotatable bonds is 5. The number of aromatic nitrogens is 2. The largest absolute Gasteiger partial charge is 0.379 e. The van der Waals surface area contributed by atoms with E-state index in [0.717, 1.165) is 51.5 Å². The highest BCUT2D eigenvalue weighted by molar-refractivity contribution is 5.81. The maximum absolute atomic E-state index is 5.44.